The third-order valence-corrected chi connectivity index (χ3v) is 5.37. The Kier molecular flexibility index (Phi) is 6.35. The molecule has 2 amide bonds. The van der Waals surface area contributed by atoms with Gasteiger partial charge in [0, 0.05) is 11.4 Å². The van der Waals surface area contributed by atoms with Crippen molar-refractivity contribution in [1.29, 1.82) is 0 Å². The fourth-order valence-electron chi connectivity index (χ4n) is 3.40. The summed E-state index contributed by atoms with van der Waals surface area (Å²) in [6.07, 6.45) is 0.265. The van der Waals surface area contributed by atoms with E-state index in [4.69, 9.17) is 17.3 Å². The van der Waals surface area contributed by atoms with Crippen LogP contribution in [-0.2, 0) is 21.4 Å². The second-order valence-corrected chi connectivity index (χ2v) is 7.56. The van der Waals surface area contributed by atoms with Crippen LogP contribution in [0, 0.1) is 0 Å². The van der Waals surface area contributed by atoms with Gasteiger partial charge in [-0.2, -0.15) is 0 Å². The minimum atomic E-state index is -0.982. The van der Waals surface area contributed by atoms with Crippen LogP contribution >= 0.6 is 11.6 Å². The molecule has 1 atom stereocenters. The molecule has 3 aromatic rings. The van der Waals surface area contributed by atoms with E-state index in [1.165, 1.54) is 0 Å². The number of benzene rings is 3. The first-order valence-electron chi connectivity index (χ1n) is 9.37. The smallest absolute Gasteiger partial charge is 0.240 e. The molecular weight excluding hydrogens is 384 g/mol. The van der Waals surface area contributed by atoms with Gasteiger partial charge in [0.1, 0.15) is 6.04 Å². The highest BCUT2D eigenvalue weighted by molar-refractivity contribution is 6.30. The van der Waals surface area contributed by atoms with Crippen LogP contribution in [-0.4, -0.2) is 17.9 Å². The summed E-state index contributed by atoms with van der Waals surface area (Å²) >= 11 is 6.04. The second kappa shape index (κ2) is 8.93. The third kappa shape index (κ3) is 4.66. The Balaban J connectivity index is 1.94. The van der Waals surface area contributed by atoms with Crippen molar-refractivity contribution in [2.45, 2.75) is 24.8 Å². The topological polar surface area (TPSA) is 72.2 Å². The van der Waals surface area contributed by atoms with Crippen LogP contribution in [0.25, 0.3) is 0 Å². The highest BCUT2D eigenvalue weighted by atomic mass is 35.5. The number of amides is 2. The summed E-state index contributed by atoms with van der Waals surface area (Å²) in [5, 5.41) is 3.43. The van der Waals surface area contributed by atoms with Gasteiger partial charge in [-0.1, -0.05) is 84.4 Å². The predicted molar refractivity (Wildman–Crippen MR) is 116 cm³/mol. The van der Waals surface area contributed by atoms with Crippen molar-refractivity contribution in [3.8, 4) is 0 Å². The van der Waals surface area contributed by atoms with Crippen molar-refractivity contribution >= 4 is 23.4 Å². The number of rotatable bonds is 7. The first kappa shape index (κ1) is 20.6. The molecule has 3 rings (SSSR count). The molecule has 148 valence electrons. The molecule has 0 saturated carbocycles. The predicted octanol–water partition coefficient (Wildman–Crippen LogP) is 3.86. The molecule has 0 unspecified atom stereocenters. The average Bonchev–Trinajstić information content (AvgIpc) is 2.73. The number of nitrogens with one attached hydrogen (secondary N) is 1. The molecule has 0 heterocycles. The number of halogens is 1. The maximum absolute atomic E-state index is 13.5. The molecular formula is C24H23ClN2O2. The molecule has 0 aromatic heterocycles. The van der Waals surface area contributed by atoms with Crippen LogP contribution in [0.2, 0.25) is 5.02 Å². The van der Waals surface area contributed by atoms with Gasteiger partial charge in [0.25, 0.3) is 0 Å². The van der Waals surface area contributed by atoms with E-state index in [-0.39, 0.29) is 12.3 Å². The fraction of sp³-hybridized carbons (Fsp3) is 0.167. The zero-order valence-corrected chi connectivity index (χ0v) is 16.9. The van der Waals surface area contributed by atoms with Crippen LogP contribution < -0.4 is 11.1 Å². The van der Waals surface area contributed by atoms with Crippen LogP contribution in [0.4, 0.5) is 0 Å². The van der Waals surface area contributed by atoms with E-state index in [1.54, 1.807) is 18.2 Å². The lowest BCUT2D eigenvalue weighted by Gasteiger charge is -2.31. The highest BCUT2D eigenvalue weighted by Gasteiger charge is 2.38. The van der Waals surface area contributed by atoms with Gasteiger partial charge in [0.05, 0.1) is 5.41 Å². The molecule has 0 aliphatic carbocycles. The van der Waals surface area contributed by atoms with E-state index in [0.29, 0.717) is 5.02 Å². The molecule has 0 aliphatic heterocycles. The van der Waals surface area contributed by atoms with E-state index in [2.05, 4.69) is 5.32 Å². The van der Waals surface area contributed by atoms with E-state index >= 15 is 0 Å². The summed E-state index contributed by atoms with van der Waals surface area (Å²) in [5.41, 5.74) is 7.10. The lowest BCUT2D eigenvalue weighted by Crippen LogP contribution is -2.52. The molecule has 0 spiro atoms. The summed E-state index contributed by atoms with van der Waals surface area (Å²) in [6.45, 7) is 1.85. The number of hydrogen-bond acceptors (Lipinski definition) is 2. The van der Waals surface area contributed by atoms with Crippen molar-refractivity contribution in [2.75, 3.05) is 0 Å². The Morgan fingerprint density at radius 1 is 0.931 bits per heavy atom. The first-order valence-corrected chi connectivity index (χ1v) is 9.75. The van der Waals surface area contributed by atoms with Crippen molar-refractivity contribution in [3.05, 3.63) is 107 Å². The molecule has 0 bridgehead atoms. The average molecular weight is 407 g/mol. The van der Waals surface area contributed by atoms with Crippen molar-refractivity contribution < 1.29 is 9.59 Å². The number of nitrogens with two attached hydrogens (primary N) is 1. The largest absolute Gasteiger partial charge is 0.368 e. The van der Waals surface area contributed by atoms with Crippen molar-refractivity contribution in [1.82, 2.24) is 5.32 Å². The fourth-order valence-corrected chi connectivity index (χ4v) is 3.61. The summed E-state index contributed by atoms with van der Waals surface area (Å²) < 4.78 is 0. The van der Waals surface area contributed by atoms with E-state index < -0.39 is 17.4 Å². The van der Waals surface area contributed by atoms with Crippen LogP contribution in [0.1, 0.15) is 23.6 Å². The highest BCUT2D eigenvalue weighted by Crippen LogP contribution is 2.32. The quantitative estimate of drug-likeness (QED) is 0.625. The maximum atomic E-state index is 13.5. The zero-order valence-electron chi connectivity index (χ0n) is 16.1. The summed E-state index contributed by atoms with van der Waals surface area (Å²) in [4.78, 5) is 25.6. The molecule has 0 radical (unpaired) electrons. The standard InChI is InChI=1S/C24H23ClN2O2/c1-24(18-10-4-2-5-11-18,19-12-6-3-7-13-19)23(29)27-21(22(26)28)16-17-9-8-14-20(25)15-17/h2-15,21H,16H2,1H3,(H2,26,28)(H,27,29)/t21-/m1/s1. The normalized spacial score (nSPS) is 12.2. The number of primary amides is 1. The second-order valence-electron chi connectivity index (χ2n) is 7.12. The van der Waals surface area contributed by atoms with Gasteiger partial charge in [-0.25, -0.2) is 0 Å². The molecule has 0 aliphatic rings. The molecule has 4 nitrogen and oxygen atoms in total. The summed E-state index contributed by atoms with van der Waals surface area (Å²) in [7, 11) is 0. The summed E-state index contributed by atoms with van der Waals surface area (Å²) in [5.74, 6) is -0.887. The third-order valence-electron chi connectivity index (χ3n) is 5.13. The van der Waals surface area contributed by atoms with Crippen LogP contribution in [0.15, 0.2) is 84.9 Å². The first-order chi connectivity index (χ1) is 13.9. The van der Waals surface area contributed by atoms with Crippen molar-refractivity contribution in [2.24, 2.45) is 5.73 Å². The monoisotopic (exact) mass is 406 g/mol. The Morgan fingerprint density at radius 2 is 1.48 bits per heavy atom. The van der Waals surface area contributed by atoms with Crippen molar-refractivity contribution in [3.63, 3.8) is 0 Å². The van der Waals surface area contributed by atoms with Gasteiger partial charge in [0.2, 0.25) is 11.8 Å². The molecule has 0 fully saturated rings. The lowest BCUT2D eigenvalue weighted by atomic mass is 9.75. The molecule has 3 aromatic carbocycles. The minimum absolute atomic E-state index is 0.265. The van der Waals surface area contributed by atoms with Gasteiger partial charge in [-0.05, 0) is 35.7 Å². The number of carbonyl (C=O) groups excluding carboxylic acids is 2. The maximum Gasteiger partial charge on any atom is 0.240 e. The van der Waals surface area contributed by atoms with E-state index in [1.807, 2.05) is 73.7 Å². The molecule has 3 N–H and O–H groups in total. The molecule has 0 saturated heterocycles. The van der Waals surface area contributed by atoms with E-state index in [0.717, 1.165) is 16.7 Å². The Bertz CT molecular complexity index is 951. The van der Waals surface area contributed by atoms with Gasteiger partial charge in [0.15, 0.2) is 0 Å². The van der Waals surface area contributed by atoms with Gasteiger partial charge >= 0.3 is 0 Å². The molecule has 29 heavy (non-hydrogen) atoms. The minimum Gasteiger partial charge on any atom is -0.368 e. The van der Waals surface area contributed by atoms with Gasteiger partial charge in [-0.15, -0.1) is 0 Å². The van der Waals surface area contributed by atoms with Crippen LogP contribution in [0.5, 0.6) is 0 Å². The Labute approximate surface area is 175 Å². The van der Waals surface area contributed by atoms with E-state index in [9.17, 15) is 9.59 Å². The SMILES string of the molecule is CC(C(=O)N[C@H](Cc1cccc(Cl)c1)C(N)=O)(c1ccccc1)c1ccccc1. The van der Waals surface area contributed by atoms with Gasteiger partial charge < -0.3 is 11.1 Å². The summed E-state index contributed by atoms with van der Waals surface area (Å²) in [6, 6.07) is 25.3. The Hall–Kier alpha value is -3.11. The zero-order chi connectivity index (χ0) is 20.9. The van der Waals surface area contributed by atoms with Gasteiger partial charge in [-0.3, -0.25) is 9.59 Å². The number of hydrogen-bond donors (Lipinski definition) is 2. The number of carbonyl (C=O) groups is 2. The lowest BCUT2D eigenvalue weighted by molar-refractivity contribution is -0.129. The van der Waals surface area contributed by atoms with Crippen LogP contribution in [0.3, 0.4) is 0 Å². The molecule has 5 heteroatoms. The Morgan fingerprint density at radius 3 is 1.97 bits per heavy atom.